The second-order valence-corrected chi connectivity index (χ2v) is 10.7. The van der Waals surface area contributed by atoms with Crippen molar-refractivity contribution in [3.05, 3.63) is 35.8 Å². The van der Waals surface area contributed by atoms with Gasteiger partial charge in [0.1, 0.15) is 11.9 Å². The topological polar surface area (TPSA) is 103 Å². The molecule has 2 aromatic heterocycles. The summed E-state index contributed by atoms with van der Waals surface area (Å²) in [6, 6.07) is 5.49. The van der Waals surface area contributed by atoms with Gasteiger partial charge in [0.2, 0.25) is 0 Å². The standard InChI is InChI=1S/C28H39FN6O3/c1-38-25-3-2-22(32-26(25)35-13-5-20(29)6-14-35)27(37)33-23-19-31-21(4-11-30-12-17-36)18-24(23)34-15-9-28(7-8-28)10-16-34/h2-3,18-20,30,36H,4-17H2,1H3,(H,33,37). The van der Waals surface area contributed by atoms with Gasteiger partial charge in [-0.25, -0.2) is 9.37 Å². The quantitative estimate of drug-likeness (QED) is 0.406. The van der Waals surface area contributed by atoms with Gasteiger partial charge in [-0.3, -0.25) is 9.78 Å². The van der Waals surface area contributed by atoms with E-state index in [-0.39, 0.29) is 18.2 Å². The number of aromatic nitrogens is 2. The molecular weight excluding hydrogens is 487 g/mol. The number of alkyl halides is 1. The van der Waals surface area contributed by atoms with E-state index in [4.69, 9.17) is 9.84 Å². The van der Waals surface area contributed by atoms with E-state index in [1.807, 2.05) is 4.90 Å². The van der Waals surface area contributed by atoms with E-state index < -0.39 is 6.17 Å². The Morgan fingerprint density at radius 3 is 2.58 bits per heavy atom. The zero-order chi connectivity index (χ0) is 26.5. The summed E-state index contributed by atoms with van der Waals surface area (Å²) >= 11 is 0. The van der Waals surface area contributed by atoms with Gasteiger partial charge in [-0.15, -0.1) is 0 Å². The Bertz CT molecular complexity index is 1110. The fourth-order valence-electron chi connectivity index (χ4n) is 5.49. The molecule has 38 heavy (non-hydrogen) atoms. The number of carbonyl (C=O) groups is 1. The molecule has 0 atom stereocenters. The summed E-state index contributed by atoms with van der Waals surface area (Å²) in [6.45, 7) is 4.38. The second-order valence-electron chi connectivity index (χ2n) is 10.7. The molecule has 9 nitrogen and oxygen atoms in total. The van der Waals surface area contributed by atoms with Crippen molar-refractivity contribution in [2.75, 3.05) is 68.1 Å². The van der Waals surface area contributed by atoms with E-state index in [1.165, 1.54) is 25.7 Å². The van der Waals surface area contributed by atoms with E-state index in [0.717, 1.165) is 37.4 Å². The summed E-state index contributed by atoms with van der Waals surface area (Å²) in [7, 11) is 1.57. The molecule has 0 unspecified atom stereocenters. The van der Waals surface area contributed by atoms with Gasteiger partial charge in [-0.1, -0.05) is 0 Å². The van der Waals surface area contributed by atoms with Crippen LogP contribution in [0.5, 0.6) is 5.75 Å². The van der Waals surface area contributed by atoms with Crippen LogP contribution in [0.3, 0.4) is 0 Å². The van der Waals surface area contributed by atoms with E-state index in [9.17, 15) is 9.18 Å². The van der Waals surface area contributed by atoms with Gasteiger partial charge < -0.3 is 30.3 Å². The van der Waals surface area contributed by atoms with Crippen LogP contribution in [-0.2, 0) is 6.42 Å². The highest BCUT2D eigenvalue weighted by molar-refractivity contribution is 6.05. The van der Waals surface area contributed by atoms with Gasteiger partial charge in [0.05, 0.1) is 31.3 Å². The number of aliphatic hydroxyl groups is 1. The fourth-order valence-corrected chi connectivity index (χ4v) is 5.49. The number of anilines is 3. The molecular formula is C28H39FN6O3. The molecule has 2 aliphatic heterocycles. The number of amides is 1. The van der Waals surface area contributed by atoms with E-state index in [0.29, 0.717) is 55.1 Å². The largest absolute Gasteiger partial charge is 0.493 e. The first-order valence-electron chi connectivity index (χ1n) is 13.8. The predicted octanol–water partition coefficient (Wildman–Crippen LogP) is 3.18. The maximum absolute atomic E-state index is 13.7. The van der Waals surface area contributed by atoms with Crippen LogP contribution < -0.4 is 25.2 Å². The number of halogens is 1. The van der Waals surface area contributed by atoms with Gasteiger partial charge in [-0.2, -0.15) is 0 Å². The highest BCUT2D eigenvalue weighted by Crippen LogP contribution is 2.54. The maximum atomic E-state index is 13.7. The molecule has 1 saturated carbocycles. The van der Waals surface area contributed by atoms with Crippen LogP contribution in [0, 0.1) is 5.41 Å². The zero-order valence-corrected chi connectivity index (χ0v) is 22.2. The van der Waals surface area contributed by atoms with Crippen LogP contribution in [-0.4, -0.2) is 80.1 Å². The summed E-state index contributed by atoms with van der Waals surface area (Å²) in [5.74, 6) is 0.829. The minimum atomic E-state index is -0.798. The molecule has 5 rings (SSSR count). The Kier molecular flexibility index (Phi) is 8.28. The lowest BCUT2D eigenvalue weighted by atomic mass is 9.93. The third-order valence-electron chi connectivity index (χ3n) is 8.17. The van der Waals surface area contributed by atoms with Crippen molar-refractivity contribution < 1.29 is 19.0 Å². The molecule has 1 spiro atoms. The van der Waals surface area contributed by atoms with Gasteiger partial charge in [-0.05, 0) is 62.1 Å². The van der Waals surface area contributed by atoms with Crippen LogP contribution in [0.25, 0.3) is 0 Å². The van der Waals surface area contributed by atoms with E-state index >= 15 is 0 Å². The average Bonchev–Trinajstić information content (AvgIpc) is 3.71. The van der Waals surface area contributed by atoms with Crippen LogP contribution >= 0.6 is 0 Å². The zero-order valence-electron chi connectivity index (χ0n) is 22.2. The molecule has 10 heteroatoms. The lowest BCUT2D eigenvalue weighted by molar-refractivity contribution is 0.102. The smallest absolute Gasteiger partial charge is 0.274 e. The molecule has 2 aromatic rings. The number of pyridine rings is 2. The normalized spacial score (nSPS) is 19.0. The van der Waals surface area contributed by atoms with Crippen molar-refractivity contribution in [1.29, 1.82) is 0 Å². The number of hydrogen-bond acceptors (Lipinski definition) is 8. The summed E-state index contributed by atoms with van der Waals surface area (Å²) in [5.41, 5.74) is 3.42. The molecule has 0 bridgehead atoms. The molecule has 4 heterocycles. The molecule has 3 N–H and O–H groups in total. The third-order valence-corrected chi connectivity index (χ3v) is 8.17. The van der Waals surface area contributed by atoms with Gasteiger partial charge in [0.25, 0.3) is 5.91 Å². The third kappa shape index (κ3) is 6.18. The fraction of sp³-hybridized carbons (Fsp3) is 0.607. The number of methoxy groups -OCH3 is 1. The van der Waals surface area contributed by atoms with Crippen LogP contribution in [0.4, 0.5) is 21.6 Å². The van der Waals surface area contributed by atoms with Crippen molar-refractivity contribution in [2.24, 2.45) is 5.41 Å². The summed E-state index contributed by atoms with van der Waals surface area (Å²) in [4.78, 5) is 27.0. The maximum Gasteiger partial charge on any atom is 0.274 e. The van der Waals surface area contributed by atoms with Crippen molar-refractivity contribution in [1.82, 2.24) is 15.3 Å². The summed E-state index contributed by atoms with van der Waals surface area (Å²) < 4.78 is 19.2. The monoisotopic (exact) mass is 526 g/mol. The van der Waals surface area contributed by atoms with Crippen LogP contribution in [0.15, 0.2) is 24.4 Å². The van der Waals surface area contributed by atoms with Gasteiger partial charge in [0.15, 0.2) is 11.6 Å². The number of nitrogens with one attached hydrogen (secondary N) is 2. The van der Waals surface area contributed by atoms with Crippen molar-refractivity contribution >= 4 is 23.1 Å². The molecule has 3 aliphatic rings. The number of ether oxygens (including phenoxy) is 1. The van der Waals surface area contributed by atoms with Gasteiger partial charge >= 0.3 is 0 Å². The molecule has 206 valence electrons. The van der Waals surface area contributed by atoms with E-state index in [1.54, 1.807) is 25.4 Å². The van der Waals surface area contributed by atoms with Crippen molar-refractivity contribution in [2.45, 2.75) is 51.1 Å². The Balaban J connectivity index is 1.35. The highest BCUT2D eigenvalue weighted by Gasteiger charge is 2.44. The number of piperidine rings is 2. The lowest BCUT2D eigenvalue weighted by Gasteiger charge is -2.35. The number of rotatable bonds is 10. The number of nitrogens with zero attached hydrogens (tertiary/aromatic N) is 4. The Morgan fingerprint density at radius 2 is 1.89 bits per heavy atom. The first-order valence-corrected chi connectivity index (χ1v) is 13.8. The molecule has 3 fully saturated rings. The van der Waals surface area contributed by atoms with Crippen molar-refractivity contribution in [3.63, 3.8) is 0 Å². The highest BCUT2D eigenvalue weighted by atomic mass is 19.1. The average molecular weight is 527 g/mol. The summed E-state index contributed by atoms with van der Waals surface area (Å²) in [5, 5.41) is 15.3. The van der Waals surface area contributed by atoms with Crippen molar-refractivity contribution in [3.8, 4) is 5.75 Å². The number of carbonyl (C=O) groups excluding carboxylic acids is 1. The van der Waals surface area contributed by atoms with Gasteiger partial charge in [0, 0.05) is 51.4 Å². The molecule has 1 amide bonds. The first-order chi connectivity index (χ1) is 18.5. The minimum absolute atomic E-state index is 0.106. The molecule has 1 aliphatic carbocycles. The molecule has 0 aromatic carbocycles. The Morgan fingerprint density at radius 1 is 1.13 bits per heavy atom. The molecule has 0 radical (unpaired) electrons. The molecule has 2 saturated heterocycles. The Labute approximate surface area is 223 Å². The minimum Gasteiger partial charge on any atom is -0.493 e. The summed E-state index contributed by atoms with van der Waals surface area (Å²) in [6.07, 6.45) is 7.57. The number of aliphatic hydroxyl groups excluding tert-OH is 1. The predicted molar refractivity (Wildman–Crippen MR) is 146 cm³/mol. The van der Waals surface area contributed by atoms with Crippen LogP contribution in [0.2, 0.25) is 0 Å². The van der Waals surface area contributed by atoms with Crippen LogP contribution in [0.1, 0.15) is 54.7 Å². The SMILES string of the molecule is COc1ccc(C(=O)Nc2cnc(CCNCCO)cc2N2CCC3(CC2)CC3)nc1N1CCC(F)CC1. The lowest BCUT2D eigenvalue weighted by Crippen LogP contribution is -2.36. The Hall–Kier alpha value is -2.98. The second kappa shape index (κ2) is 11.8. The first kappa shape index (κ1) is 26.6. The number of hydrogen-bond donors (Lipinski definition) is 3. The van der Waals surface area contributed by atoms with E-state index in [2.05, 4.69) is 31.6 Å².